The Morgan fingerprint density at radius 2 is 2.00 bits per heavy atom. The van der Waals surface area contributed by atoms with Gasteiger partial charge in [-0.3, -0.25) is 4.79 Å². The number of anilines is 2. The Morgan fingerprint density at radius 1 is 1.17 bits per heavy atom. The van der Waals surface area contributed by atoms with E-state index in [-0.39, 0.29) is 5.57 Å². The Morgan fingerprint density at radius 3 is 2.73 bits per heavy atom. The molecule has 0 aliphatic carbocycles. The van der Waals surface area contributed by atoms with E-state index in [1.807, 2.05) is 22.8 Å². The summed E-state index contributed by atoms with van der Waals surface area (Å²) in [6.45, 7) is 1.56. The first-order valence-corrected chi connectivity index (χ1v) is 9.83. The average Bonchev–Trinajstić information content (AvgIpc) is 3.29. The van der Waals surface area contributed by atoms with Gasteiger partial charge in [0, 0.05) is 34.1 Å². The molecule has 0 bridgehead atoms. The van der Waals surface area contributed by atoms with Crippen LogP contribution in [0.3, 0.4) is 0 Å². The van der Waals surface area contributed by atoms with Gasteiger partial charge in [-0.25, -0.2) is 14.4 Å². The molecule has 0 atom stereocenters. The lowest BCUT2D eigenvalue weighted by Gasteiger charge is -2.11. The zero-order valence-electron chi connectivity index (χ0n) is 15.9. The van der Waals surface area contributed by atoms with Crippen LogP contribution in [0.2, 0.25) is 0 Å². The third-order valence-corrected chi connectivity index (χ3v) is 5.42. The van der Waals surface area contributed by atoms with E-state index in [1.165, 1.54) is 0 Å². The highest BCUT2D eigenvalue weighted by Gasteiger charge is 2.16. The summed E-state index contributed by atoms with van der Waals surface area (Å²) in [6, 6.07) is 12.4. The van der Waals surface area contributed by atoms with Crippen LogP contribution in [0, 0.1) is 0 Å². The number of nitrogens with zero attached hydrogens (tertiary/aromatic N) is 3. The second kappa shape index (κ2) is 8.08. The molecule has 8 heteroatoms. The smallest absolute Gasteiger partial charge is 0.284 e. The van der Waals surface area contributed by atoms with Crippen LogP contribution in [-0.2, 0) is 4.79 Å². The van der Waals surface area contributed by atoms with E-state index in [0.29, 0.717) is 26.9 Å². The highest BCUT2D eigenvalue weighted by Crippen LogP contribution is 2.29. The molecule has 4 aromatic rings. The van der Waals surface area contributed by atoms with Crippen LogP contribution in [0.25, 0.3) is 22.0 Å². The highest BCUT2D eigenvalue weighted by atomic mass is 79.9. The molecule has 6 nitrogen and oxygen atoms in total. The molecule has 0 spiro atoms. The number of nitrogens with two attached hydrogens (primary N) is 1. The number of nitrogens with one attached hydrogen (secondary N) is 1. The molecule has 0 fully saturated rings. The van der Waals surface area contributed by atoms with E-state index in [0.717, 1.165) is 11.1 Å². The number of pyridine rings is 1. The molecule has 150 valence electrons. The van der Waals surface area contributed by atoms with Gasteiger partial charge in [-0.05, 0) is 69.7 Å². The van der Waals surface area contributed by atoms with Crippen molar-refractivity contribution in [1.29, 1.82) is 0 Å². The summed E-state index contributed by atoms with van der Waals surface area (Å²) < 4.78 is 17.3. The lowest BCUT2D eigenvalue weighted by molar-refractivity contribution is -0.114. The number of halogens is 2. The number of imidazole rings is 1. The Kier molecular flexibility index (Phi) is 5.33. The third-order valence-electron chi connectivity index (χ3n) is 4.76. The van der Waals surface area contributed by atoms with E-state index in [1.54, 1.807) is 56.1 Å². The van der Waals surface area contributed by atoms with Crippen molar-refractivity contribution in [3.63, 3.8) is 0 Å². The fourth-order valence-corrected chi connectivity index (χ4v) is 3.54. The van der Waals surface area contributed by atoms with Gasteiger partial charge >= 0.3 is 0 Å². The fraction of sp³-hybridized carbons (Fsp3) is 0.0455. The van der Waals surface area contributed by atoms with Crippen LogP contribution in [-0.4, -0.2) is 20.4 Å². The van der Waals surface area contributed by atoms with Gasteiger partial charge in [0.1, 0.15) is 5.82 Å². The molecule has 0 unspecified atom stereocenters. The summed E-state index contributed by atoms with van der Waals surface area (Å²) >= 11 is 3.42. The van der Waals surface area contributed by atoms with E-state index in [2.05, 4.69) is 31.2 Å². The number of allylic oxidation sites excluding steroid dienone is 1. The molecule has 2 heterocycles. The van der Waals surface area contributed by atoms with Gasteiger partial charge in [0.25, 0.3) is 5.91 Å². The molecule has 3 N–H and O–H groups in total. The maximum absolute atomic E-state index is 14.9. The fourth-order valence-electron chi connectivity index (χ4n) is 3.08. The van der Waals surface area contributed by atoms with E-state index >= 15 is 0 Å². The van der Waals surface area contributed by atoms with Crippen molar-refractivity contribution in [3.8, 4) is 5.69 Å². The summed E-state index contributed by atoms with van der Waals surface area (Å²) in [5.41, 5.74) is 8.00. The van der Waals surface area contributed by atoms with Gasteiger partial charge in [-0.1, -0.05) is 12.1 Å². The van der Waals surface area contributed by atoms with Gasteiger partial charge in [0.2, 0.25) is 0 Å². The Labute approximate surface area is 180 Å². The van der Waals surface area contributed by atoms with Crippen molar-refractivity contribution in [2.24, 2.45) is 0 Å². The van der Waals surface area contributed by atoms with Crippen molar-refractivity contribution in [2.75, 3.05) is 11.1 Å². The van der Waals surface area contributed by atoms with Gasteiger partial charge in [-0.15, -0.1) is 0 Å². The Hall–Kier alpha value is -3.52. The summed E-state index contributed by atoms with van der Waals surface area (Å²) in [5, 5.41) is 4.20. The molecule has 0 radical (unpaired) electrons. The van der Waals surface area contributed by atoms with Crippen LogP contribution in [0.15, 0.2) is 77.7 Å². The number of hydrogen-bond acceptors (Lipinski definition) is 4. The number of nitrogen functional groups attached to an aromatic ring is 1. The summed E-state index contributed by atoms with van der Waals surface area (Å²) in [7, 11) is 0. The number of amides is 1. The van der Waals surface area contributed by atoms with E-state index in [9.17, 15) is 9.18 Å². The second-order valence-corrected chi connectivity index (χ2v) is 7.51. The predicted molar refractivity (Wildman–Crippen MR) is 120 cm³/mol. The minimum atomic E-state index is -0.873. The topological polar surface area (TPSA) is 85.8 Å². The number of hydrogen-bond donors (Lipinski definition) is 2. The monoisotopic (exact) mass is 465 g/mol. The molecular weight excluding hydrogens is 449 g/mol. The van der Waals surface area contributed by atoms with Crippen LogP contribution in [0.5, 0.6) is 0 Å². The molecule has 0 aliphatic rings. The molecule has 30 heavy (non-hydrogen) atoms. The maximum Gasteiger partial charge on any atom is 0.284 e. The molecule has 0 saturated carbocycles. The van der Waals surface area contributed by atoms with Gasteiger partial charge in [0.05, 0.1) is 12.0 Å². The Bertz CT molecular complexity index is 1280. The average molecular weight is 466 g/mol. The molecule has 0 aliphatic heterocycles. The first-order chi connectivity index (χ1) is 14.4. The zero-order valence-corrected chi connectivity index (χ0v) is 17.5. The van der Waals surface area contributed by atoms with E-state index < -0.39 is 11.7 Å². The summed E-state index contributed by atoms with van der Waals surface area (Å²) in [6.07, 6.45) is 6.75. The van der Waals surface area contributed by atoms with Crippen LogP contribution in [0.1, 0.15) is 12.5 Å². The molecule has 4 rings (SSSR count). The normalized spacial score (nSPS) is 12.0. The van der Waals surface area contributed by atoms with Gasteiger partial charge in [0.15, 0.2) is 5.83 Å². The SMILES string of the molecule is C/C(=C(/F)C(=O)Nc1ccc(-n2ccnc2)cc1Br)c1ccc2ccnc(N)c2c1. The minimum absolute atomic E-state index is 0.212. The molecular formula is C22H17BrFN5O. The first-order valence-electron chi connectivity index (χ1n) is 9.04. The largest absolute Gasteiger partial charge is 0.383 e. The third kappa shape index (κ3) is 3.81. The summed E-state index contributed by atoms with van der Waals surface area (Å²) in [5.74, 6) is -1.35. The first kappa shape index (κ1) is 19.8. The van der Waals surface area contributed by atoms with E-state index in [4.69, 9.17) is 5.73 Å². The molecule has 1 amide bonds. The number of benzene rings is 2. The zero-order chi connectivity index (χ0) is 21.3. The van der Waals surface area contributed by atoms with Crippen LogP contribution < -0.4 is 11.1 Å². The van der Waals surface area contributed by atoms with Crippen molar-refractivity contribution in [3.05, 3.63) is 83.2 Å². The Balaban J connectivity index is 1.60. The van der Waals surface area contributed by atoms with Crippen molar-refractivity contribution in [2.45, 2.75) is 6.92 Å². The second-order valence-electron chi connectivity index (χ2n) is 6.66. The van der Waals surface area contributed by atoms with Gasteiger partial charge in [-0.2, -0.15) is 0 Å². The number of fused-ring (bicyclic) bond motifs is 1. The lowest BCUT2D eigenvalue weighted by Crippen LogP contribution is -2.13. The van der Waals surface area contributed by atoms with Gasteiger partial charge < -0.3 is 15.6 Å². The molecule has 2 aromatic carbocycles. The number of rotatable bonds is 4. The quantitative estimate of drug-likeness (QED) is 0.410. The van der Waals surface area contributed by atoms with Crippen LogP contribution in [0.4, 0.5) is 15.9 Å². The number of carbonyl (C=O) groups excluding carboxylic acids is 1. The van der Waals surface area contributed by atoms with Crippen molar-refractivity contribution in [1.82, 2.24) is 14.5 Å². The number of carbonyl (C=O) groups is 1. The van der Waals surface area contributed by atoms with Crippen LogP contribution >= 0.6 is 15.9 Å². The predicted octanol–water partition coefficient (Wildman–Crippen LogP) is 5.10. The summed E-state index contributed by atoms with van der Waals surface area (Å²) in [4.78, 5) is 20.6. The molecule has 0 saturated heterocycles. The highest BCUT2D eigenvalue weighted by molar-refractivity contribution is 9.10. The number of aromatic nitrogens is 3. The van der Waals surface area contributed by atoms with Crippen molar-refractivity contribution < 1.29 is 9.18 Å². The van der Waals surface area contributed by atoms with Crippen molar-refractivity contribution >= 4 is 49.7 Å². The molecule has 2 aromatic heterocycles. The minimum Gasteiger partial charge on any atom is -0.383 e. The maximum atomic E-state index is 14.9. The standard InChI is InChI=1S/C22H17BrFN5O/c1-13(15-3-2-14-6-7-27-21(25)17(14)10-15)20(24)22(30)28-19-5-4-16(11-18(19)23)29-9-8-26-12-29/h2-12H,1H3,(H2,25,27)(H,28,30)/b20-13-. The lowest BCUT2D eigenvalue weighted by atomic mass is 10.0.